The van der Waals surface area contributed by atoms with Gasteiger partial charge in [0.25, 0.3) is 0 Å². The number of sulfonamides is 2. The Bertz CT molecular complexity index is 1490. The van der Waals surface area contributed by atoms with Crippen LogP contribution in [0.15, 0.2) is 82.6 Å². The Morgan fingerprint density at radius 3 is 1.79 bits per heavy atom. The summed E-state index contributed by atoms with van der Waals surface area (Å²) in [4.78, 5) is 12.0. The number of hydrogen-bond acceptors (Lipinski definition) is 7. The summed E-state index contributed by atoms with van der Waals surface area (Å²) in [6.45, 7) is -0.157. The minimum absolute atomic E-state index is 0.00261. The van der Waals surface area contributed by atoms with Crippen molar-refractivity contribution in [3.63, 3.8) is 0 Å². The molecule has 1 aliphatic rings. The molecule has 2 atom stereocenters. The molecule has 38 heavy (non-hydrogen) atoms. The van der Waals surface area contributed by atoms with Crippen molar-refractivity contribution in [1.29, 1.82) is 0 Å². The lowest BCUT2D eigenvalue weighted by Crippen LogP contribution is -2.54. The zero-order chi connectivity index (χ0) is 27.5. The lowest BCUT2D eigenvalue weighted by atomic mass is 10.0. The molecule has 1 fully saturated rings. The number of ether oxygens (including phenoxy) is 2. The number of benzene rings is 3. The van der Waals surface area contributed by atoms with Gasteiger partial charge in [-0.2, -0.15) is 4.31 Å². The Balaban J connectivity index is 1.50. The minimum Gasteiger partial charge on any atom is -0.497 e. The summed E-state index contributed by atoms with van der Waals surface area (Å²) in [5, 5.41) is 9.84. The summed E-state index contributed by atoms with van der Waals surface area (Å²) in [7, 11) is -5.07. The van der Waals surface area contributed by atoms with Gasteiger partial charge in [-0.05, 0) is 72.5 Å². The molecule has 3 aromatic rings. The normalized spacial score (nSPS) is 18.6. The molecule has 1 aliphatic heterocycles. The van der Waals surface area contributed by atoms with E-state index in [1.165, 1.54) is 43.5 Å². The van der Waals surface area contributed by atoms with Crippen molar-refractivity contribution in [3.8, 4) is 22.6 Å². The van der Waals surface area contributed by atoms with E-state index in [2.05, 4.69) is 4.72 Å². The van der Waals surface area contributed by atoms with Gasteiger partial charge in [-0.25, -0.2) is 21.6 Å². The monoisotopic (exact) mass is 560 g/mol. The van der Waals surface area contributed by atoms with Crippen molar-refractivity contribution >= 4 is 26.0 Å². The number of carbonyl (C=O) groups is 1. The fraction of sp³-hybridized carbons (Fsp3) is 0.269. The third kappa shape index (κ3) is 5.83. The predicted octanol–water partition coefficient (Wildman–Crippen LogP) is 2.96. The molecule has 202 valence electrons. The molecule has 0 bridgehead atoms. The standard InChI is InChI=1S/C26H28N2O8S2/c1-35-21-7-3-18(4-8-21)19-5-11-24(12-6-19)38(33,34)28-16-15-20(17-25(28)26(29)30)27-37(31,32)23-13-9-22(36-2)10-14-23/h3-14,20,25,27H,15-17H2,1-2H3,(H,29,30)/t20-,25-/m1/s1. The van der Waals surface area contributed by atoms with Crippen LogP contribution in [0.4, 0.5) is 0 Å². The number of nitrogens with zero attached hydrogens (tertiary/aromatic N) is 1. The highest BCUT2D eigenvalue weighted by Crippen LogP contribution is 2.29. The summed E-state index contributed by atoms with van der Waals surface area (Å²) in [6, 6.07) is 17.0. The van der Waals surface area contributed by atoms with E-state index < -0.39 is 38.1 Å². The van der Waals surface area contributed by atoms with Gasteiger partial charge in [-0.15, -0.1) is 0 Å². The highest BCUT2D eigenvalue weighted by atomic mass is 32.2. The number of piperidine rings is 1. The van der Waals surface area contributed by atoms with Crippen molar-refractivity contribution < 1.29 is 36.2 Å². The Morgan fingerprint density at radius 1 is 0.816 bits per heavy atom. The van der Waals surface area contributed by atoms with E-state index in [9.17, 15) is 26.7 Å². The van der Waals surface area contributed by atoms with E-state index in [4.69, 9.17) is 9.47 Å². The molecule has 2 N–H and O–H groups in total. The van der Waals surface area contributed by atoms with Gasteiger partial charge >= 0.3 is 5.97 Å². The number of nitrogens with one attached hydrogen (secondary N) is 1. The van der Waals surface area contributed by atoms with Crippen molar-refractivity contribution in [2.45, 2.75) is 34.7 Å². The van der Waals surface area contributed by atoms with Crippen LogP contribution >= 0.6 is 0 Å². The van der Waals surface area contributed by atoms with Crippen LogP contribution in [-0.2, 0) is 24.8 Å². The highest BCUT2D eigenvalue weighted by molar-refractivity contribution is 7.89. The minimum atomic E-state index is -4.15. The molecule has 1 heterocycles. The van der Waals surface area contributed by atoms with Crippen LogP contribution < -0.4 is 14.2 Å². The zero-order valence-electron chi connectivity index (χ0n) is 20.8. The quantitative estimate of drug-likeness (QED) is 0.407. The first-order chi connectivity index (χ1) is 18.0. The van der Waals surface area contributed by atoms with Crippen molar-refractivity contribution in [3.05, 3.63) is 72.8 Å². The Labute approximate surface area is 221 Å². The number of carboxylic acids is 1. The lowest BCUT2D eigenvalue weighted by molar-refractivity contribution is -0.142. The third-order valence-electron chi connectivity index (χ3n) is 6.41. The van der Waals surface area contributed by atoms with E-state index in [1.54, 1.807) is 31.4 Å². The Morgan fingerprint density at radius 2 is 1.29 bits per heavy atom. The van der Waals surface area contributed by atoms with E-state index in [0.29, 0.717) is 11.5 Å². The van der Waals surface area contributed by atoms with Crippen LogP contribution in [0.25, 0.3) is 11.1 Å². The van der Waals surface area contributed by atoms with Crippen LogP contribution in [-0.4, -0.2) is 65.1 Å². The molecule has 12 heteroatoms. The molecule has 0 saturated carbocycles. The van der Waals surface area contributed by atoms with Gasteiger partial charge in [-0.3, -0.25) is 4.79 Å². The Hall–Kier alpha value is -3.45. The fourth-order valence-electron chi connectivity index (χ4n) is 4.34. The van der Waals surface area contributed by atoms with Gasteiger partial charge in [0.05, 0.1) is 24.0 Å². The summed E-state index contributed by atoms with van der Waals surface area (Å²) in [6.07, 6.45) is -0.101. The zero-order valence-corrected chi connectivity index (χ0v) is 22.4. The van der Waals surface area contributed by atoms with Gasteiger partial charge < -0.3 is 14.6 Å². The number of methoxy groups -OCH3 is 2. The second-order valence-electron chi connectivity index (χ2n) is 8.74. The average molecular weight is 561 g/mol. The van der Waals surface area contributed by atoms with Crippen LogP contribution in [0, 0.1) is 0 Å². The molecule has 0 unspecified atom stereocenters. The molecular weight excluding hydrogens is 532 g/mol. The van der Waals surface area contributed by atoms with E-state index in [0.717, 1.165) is 15.4 Å². The van der Waals surface area contributed by atoms with Crippen molar-refractivity contribution in [1.82, 2.24) is 9.03 Å². The highest BCUT2D eigenvalue weighted by Gasteiger charge is 2.41. The second-order valence-corrected chi connectivity index (χ2v) is 12.3. The van der Waals surface area contributed by atoms with Gasteiger partial charge in [0.15, 0.2) is 0 Å². The lowest BCUT2D eigenvalue weighted by Gasteiger charge is -2.36. The van der Waals surface area contributed by atoms with Gasteiger partial charge in [0.2, 0.25) is 20.0 Å². The molecule has 0 spiro atoms. The molecule has 0 aromatic heterocycles. The summed E-state index contributed by atoms with van der Waals surface area (Å²) >= 11 is 0. The van der Waals surface area contributed by atoms with Crippen molar-refractivity contribution in [2.75, 3.05) is 20.8 Å². The van der Waals surface area contributed by atoms with E-state index >= 15 is 0 Å². The molecule has 0 amide bonds. The molecule has 10 nitrogen and oxygen atoms in total. The molecule has 0 radical (unpaired) electrons. The van der Waals surface area contributed by atoms with Gasteiger partial charge in [-0.1, -0.05) is 24.3 Å². The number of aliphatic carboxylic acids is 1. The summed E-state index contributed by atoms with van der Waals surface area (Å²) in [5.74, 6) is -0.162. The fourth-order valence-corrected chi connectivity index (χ4v) is 7.23. The molecule has 1 saturated heterocycles. The largest absolute Gasteiger partial charge is 0.497 e. The second kappa shape index (κ2) is 11.1. The maximum atomic E-state index is 13.4. The van der Waals surface area contributed by atoms with Gasteiger partial charge in [0.1, 0.15) is 17.5 Å². The van der Waals surface area contributed by atoms with E-state index in [1.807, 2.05) is 12.1 Å². The maximum absolute atomic E-state index is 13.4. The third-order valence-corrected chi connectivity index (χ3v) is 9.87. The average Bonchev–Trinajstić information content (AvgIpc) is 2.93. The Kier molecular flexibility index (Phi) is 8.07. The van der Waals surface area contributed by atoms with Crippen LogP contribution in [0.5, 0.6) is 11.5 Å². The topological polar surface area (TPSA) is 139 Å². The van der Waals surface area contributed by atoms with Crippen LogP contribution in [0.3, 0.4) is 0 Å². The number of hydrogen-bond donors (Lipinski definition) is 2. The van der Waals surface area contributed by atoms with Crippen LogP contribution in [0.2, 0.25) is 0 Å². The first-order valence-corrected chi connectivity index (χ1v) is 14.6. The van der Waals surface area contributed by atoms with Crippen molar-refractivity contribution in [2.24, 2.45) is 0 Å². The molecular formula is C26H28N2O8S2. The predicted molar refractivity (Wildman–Crippen MR) is 140 cm³/mol. The first kappa shape index (κ1) is 27.6. The maximum Gasteiger partial charge on any atom is 0.322 e. The number of carboxylic acid groups (broad SMARTS) is 1. The van der Waals surface area contributed by atoms with Crippen LogP contribution in [0.1, 0.15) is 12.8 Å². The van der Waals surface area contributed by atoms with E-state index in [-0.39, 0.29) is 29.2 Å². The summed E-state index contributed by atoms with van der Waals surface area (Å²) in [5.41, 5.74) is 1.65. The molecule has 4 rings (SSSR count). The summed E-state index contributed by atoms with van der Waals surface area (Å²) < 4.78 is 66.1. The molecule has 0 aliphatic carbocycles. The first-order valence-electron chi connectivity index (χ1n) is 11.7. The number of rotatable bonds is 9. The SMILES string of the molecule is COc1ccc(-c2ccc(S(=O)(=O)N3CC[C@@H](NS(=O)(=O)c4ccc(OC)cc4)C[C@@H]3C(=O)O)cc2)cc1. The van der Waals surface area contributed by atoms with Gasteiger partial charge in [0, 0.05) is 12.6 Å². The molecule has 3 aromatic carbocycles. The smallest absolute Gasteiger partial charge is 0.322 e.